The quantitative estimate of drug-likeness (QED) is 0.820. The number of hydrogen-bond donors (Lipinski definition) is 1. The maximum atomic E-state index is 11.5. The summed E-state index contributed by atoms with van der Waals surface area (Å²) in [6.07, 6.45) is 2.31. The number of esters is 1. The Morgan fingerprint density at radius 2 is 2.20 bits per heavy atom. The van der Waals surface area contributed by atoms with E-state index in [0.29, 0.717) is 28.9 Å². The smallest absolute Gasteiger partial charge is 0.339 e. The summed E-state index contributed by atoms with van der Waals surface area (Å²) in [5, 5.41) is 10.3. The van der Waals surface area contributed by atoms with Crippen molar-refractivity contribution in [2.75, 3.05) is 13.2 Å². The molecule has 0 amide bonds. The van der Waals surface area contributed by atoms with Crippen molar-refractivity contribution in [1.82, 2.24) is 0 Å². The number of carbonyl (C=O) groups excluding carboxylic acids is 1. The molecule has 1 saturated carbocycles. The zero-order valence-electron chi connectivity index (χ0n) is 11.5. The minimum atomic E-state index is -1.33. The van der Waals surface area contributed by atoms with Crippen LogP contribution in [0.5, 0.6) is 5.75 Å². The maximum absolute atomic E-state index is 11.5. The second-order valence-corrected chi connectivity index (χ2v) is 5.42. The van der Waals surface area contributed by atoms with Crippen LogP contribution in [0, 0.1) is 5.92 Å². The molecular weight excluding hydrogens is 280 g/mol. The van der Waals surface area contributed by atoms with Gasteiger partial charge in [0.2, 0.25) is 0 Å². The Balaban J connectivity index is 2.04. The minimum Gasteiger partial charge on any atom is -0.493 e. The van der Waals surface area contributed by atoms with Crippen LogP contribution in [0.2, 0.25) is 5.02 Å². The van der Waals surface area contributed by atoms with Gasteiger partial charge in [0, 0.05) is 5.02 Å². The standard InChI is InChI=1S/C15H19ClO4/c1-2-19-15(18)14(17)11-6-12(16)8-13(7-11)20-9-10-4-3-5-10/h6-8,10,14,17H,2-5,9H2,1H3. The van der Waals surface area contributed by atoms with Crippen LogP contribution >= 0.6 is 11.6 Å². The van der Waals surface area contributed by atoms with Crippen molar-refractivity contribution < 1.29 is 19.4 Å². The van der Waals surface area contributed by atoms with Gasteiger partial charge in [-0.2, -0.15) is 0 Å². The number of carbonyl (C=O) groups is 1. The third kappa shape index (κ3) is 3.87. The highest BCUT2D eigenvalue weighted by atomic mass is 35.5. The fourth-order valence-electron chi connectivity index (χ4n) is 2.06. The Hall–Kier alpha value is -1.26. The third-order valence-electron chi connectivity index (χ3n) is 3.43. The Bertz CT molecular complexity index is 471. The van der Waals surface area contributed by atoms with Gasteiger partial charge in [0.05, 0.1) is 13.2 Å². The van der Waals surface area contributed by atoms with Crippen LogP contribution in [0.3, 0.4) is 0 Å². The van der Waals surface area contributed by atoms with Gasteiger partial charge in [-0.15, -0.1) is 0 Å². The summed E-state index contributed by atoms with van der Waals surface area (Å²) in [7, 11) is 0. The number of hydrogen-bond acceptors (Lipinski definition) is 4. The first-order valence-electron chi connectivity index (χ1n) is 6.88. The Labute approximate surface area is 123 Å². The number of rotatable bonds is 6. The zero-order valence-corrected chi connectivity index (χ0v) is 12.2. The Kier molecular flexibility index (Phi) is 5.26. The lowest BCUT2D eigenvalue weighted by atomic mass is 9.86. The highest BCUT2D eigenvalue weighted by Crippen LogP contribution is 2.29. The van der Waals surface area contributed by atoms with Gasteiger partial charge in [0.15, 0.2) is 6.10 Å². The molecule has 0 heterocycles. The average Bonchev–Trinajstić information content (AvgIpc) is 2.35. The van der Waals surface area contributed by atoms with Crippen LogP contribution < -0.4 is 4.74 Å². The number of benzene rings is 1. The van der Waals surface area contributed by atoms with Crippen molar-refractivity contribution in [2.24, 2.45) is 5.92 Å². The second-order valence-electron chi connectivity index (χ2n) is 4.98. The predicted octanol–water partition coefficient (Wildman–Crippen LogP) is 3.12. The van der Waals surface area contributed by atoms with Crippen LogP contribution in [0.4, 0.5) is 0 Å². The van der Waals surface area contributed by atoms with Gasteiger partial charge in [-0.05, 0) is 49.4 Å². The maximum Gasteiger partial charge on any atom is 0.339 e. The molecule has 0 spiro atoms. The molecular formula is C15H19ClO4. The SMILES string of the molecule is CCOC(=O)C(O)c1cc(Cl)cc(OCC2CCC2)c1. The van der Waals surface area contributed by atoms with E-state index in [9.17, 15) is 9.90 Å². The molecule has 1 aromatic rings. The molecule has 0 aromatic heterocycles. The van der Waals surface area contributed by atoms with Crippen molar-refractivity contribution in [2.45, 2.75) is 32.3 Å². The van der Waals surface area contributed by atoms with Gasteiger partial charge < -0.3 is 14.6 Å². The van der Waals surface area contributed by atoms with Crippen LogP contribution in [0.15, 0.2) is 18.2 Å². The van der Waals surface area contributed by atoms with E-state index in [1.807, 2.05) is 0 Å². The number of aliphatic hydroxyl groups is 1. The van der Waals surface area contributed by atoms with Gasteiger partial charge in [0.1, 0.15) is 5.75 Å². The molecule has 1 fully saturated rings. The molecule has 1 unspecified atom stereocenters. The molecule has 0 aliphatic heterocycles. The molecule has 1 aromatic carbocycles. The molecule has 5 heteroatoms. The summed E-state index contributed by atoms with van der Waals surface area (Å²) in [6, 6.07) is 4.85. The fourth-order valence-corrected chi connectivity index (χ4v) is 2.29. The van der Waals surface area contributed by atoms with Crippen LogP contribution in [-0.2, 0) is 9.53 Å². The summed E-state index contributed by atoms with van der Waals surface area (Å²) >= 11 is 6.00. The van der Waals surface area contributed by atoms with E-state index in [-0.39, 0.29) is 6.61 Å². The van der Waals surface area contributed by atoms with Gasteiger partial charge in [-0.3, -0.25) is 0 Å². The molecule has 0 radical (unpaired) electrons. The minimum absolute atomic E-state index is 0.224. The number of halogens is 1. The van der Waals surface area contributed by atoms with Crippen molar-refractivity contribution >= 4 is 17.6 Å². The lowest BCUT2D eigenvalue weighted by molar-refractivity contribution is -0.153. The van der Waals surface area contributed by atoms with Gasteiger partial charge in [-0.25, -0.2) is 4.79 Å². The molecule has 20 heavy (non-hydrogen) atoms. The normalized spacial score (nSPS) is 16.4. The monoisotopic (exact) mass is 298 g/mol. The first-order chi connectivity index (χ1) is 9.60. The van der Waals surface area contributed by atoms with Crippen molar-refractivity contribution in [3.8, 4) is 5.75 Å². The van der Waals surface area contributed by atoms with Crippen LogP contribution in [0.1, 0.15) is 37.9 Å². The summed E-state index contributed by atoms with van der Waals surface area (Å²) in [4.78, 5) is 11.5. The van der Waals surface area contributed by atoms with Gasteiger partial charge in [-0.1, -0.05) is 18.0 Å². The van der Waals surface area contributed by atoms with E-state index in [4.69, 9.17) is 21.1 Å². The Morgan fingerprint density at radius 1 is 1.45 bits per heavy atom. The molecule has 0 bridgehead atoms. The van der Waals surface area contributed by atoms with Crippen LogP contribution in [-0.4, -0.2) is 24.3 Å². The molecule has 110 valence electrons. The van der Waals surface area contributed by atoms with Crippen LogP contribution in [0.25, 0.3) is 0 Å². The molecule has 1 N–H and O–H groups in total. The molecule has 1 aliphatic rings. The zero-order chi connectivity index (χ0) is 14.5. The summed E-state index contributed by atoms with van der Waals surface area (Å²) in [5.41, 5.74) is 0.388. The molecule has 1 aliphatic carbocycles. The highest BCUT2D eigenvalue weighted by molar-refractivity contribution is 6.30. The third-order valence-corrected chi connectivity index (χ3v) is 3.65. The van der Waals surface area contributed by atoms with E-state index in [2.05, 4.69) is 0 Å². The summed E-state index contributed by atoms with van der Waals surface area (Å²) in [6.45, 7) is 2.56. The van der Waals surface area contributed by atoms with Crippen molar-refractivity contribution in [1.29, 1.82) is 0 Å². The second kappa shape index (κ2) is 6.95. The molecule has 1 atom stereocenters. The van der Waals surface area contributed by atoms with E-state index in [1.165, 1.54) is 19.3 Å². The van der Waals surface area contributed by atoms with Gasteiger partial charge >= 0.3 is 5.97 Å². The van der Waals surface area contributed by atoms with E-state index < -0.39 is 12.1 Å². The lowest BCUT2D eigenvalue weighted by Gasteiger charge is -2.25. The fraction of sp³-hybridized carbons (Fsp3) is 0.533. The topological polar surface area (TPSA) is 55.8 Å². The van der Waals surface area contributed by atoms with Crippen molar-refractivity contribution in [3.05, 3.63) is 28.8 Å². The number of ether oxygens (including phenoxy) is 2. The first-order valence-corrected chi connectivity index (χ1v) is 7.26. The summed E-state index contributed by atoms with van der Waals surface area (Å²) < 4.78 is 10.5. The van der Waals surface area contributed by atoms with Crippen molar-refractivity contribution in [3.63, 3.8) is 0 Å². The predicted molar refractivity (Wildman–Crippen MR) is 75.9 cm³/mol. The highest BCUT2D eigenvalue weighted by Gasteiger charge is 2.21. The molecule has 4 nitrogen and oxygen atoms in total. The average molecular weight is 299 g/mol. The summed E-state index contributed by atoms with van der Waals surface area (Å²) in [5.74, 6) is 0.495. The van der Waals surface area contributed by atoms with Gasteiger partial charge in [0.25, 0.3) is 0 Å². The van der Waals surface area contributed by atoms with E-state index in [0.717, 1.165) is 0 Å². The molecule has 0 saturated heterocycles. The van der Waals surface area contributed by atoms with E-state index in [1.54, 1.807) is 25.1 Å². The Morgan fingerprint density at radius 3 is 2.80 bits per heavy atom. The number of aliphatic hydroxyl groups excluding tert-OH is 1. The first kappa shape index (κ1) is 15.1. The van der Waals surface area contributed by atoms with E-state index >= 15 is 0 Å². The lowest BCUT2D eigenvalue weighted by Crippen LogP contribution is -2.19. The molecule has 2 rings (SSSR count). The largest absolute Gasteiger partial charge is 0.493 e.